The van der Waals surface area contributed by atoms with E-state index < -0.39 is 23.7 Å². The third kappa shape index (κ3) is 7.30. The highest BCUT2D eigenvalue weighted by Gasteiger charge is 2.32. The van der Waals surface area contributed by atoms with Gasteiger partial charge < -0.3 is 24.1 Å². The molecule has 0 radical (unpaired) electrons. The van der Waals surface area contributed by atoms with E-state index in [9.17, 15) is 5.11 Å². The van der Waals surface area contributed by atoms with Crippen LogP contribution < -0.4 is 4.74 Å². The van der Waals surface area contributed by atoms with Crippen LogP contribution >= 0.6 is 15.9 Å². The van der Waals surface area contributed by atoms with Crippen LogP contribution in [0.2, 0.25) is 0 Å². The van der Waals surface area contributed by atoms with Crippen LogP contribution in [0.4, 0.5) is 8.78 Å². The Balaban J connectivity index is 1.30. The van der Waals surface area contributed by atoms with Crippen molar-refractivity contribution in [1.29, 1.82) is 0 Å². The maximum Gasteiger partial charge on any atom is 0.170 e. The molecule has 3 heterocycles. The highest BCUT2D eigenvalue weighted by molar-refractivity contribution is 9.10. The van der Waals surface area contributed by atoms with Gasteiger partial charge in [-0.05, 0) is 88.8 Å². The molecule has 0 spiro atoms. The molecule has 1 aliphatic heterocycles. The number of aromatic nitrogens is 4. The lowest BCUT2D eigenvalue weighted by atomic mass is 9.75. The van der Waals surface area contributed by atoms with Crippen molar-refractivity contribution in [3.63, 3.8) is 0 Å². The fraction of sp³-hybridized carbons (Fsp3) is 0.385. The zero-order valence-electron chi connectivity index (χ0n) is 28.0. The van der Waals surface area contributed by atoms with Gasteiger partial charge in [-0.2, -0.15) is 0 Å². The molecule has 0 bridgehead atoms. The maximum atomic E-state index is 15.7. The van der Waals surface area contributed by atoms with Gasteiger partial charge in [0.1, 0.15) is 23.6 Å². The molecule has 0 aliphatic carbocycles. The van der Waals surface area contributed by atoms with Crippen LogP contribution in [0, 0.1) is 29.4 Å². The van der Waals surface area contributed by atoms with Crippen molar-refractivity contribution in [2.45, 2.75) is 84.0 Å². The van der Waals surface area contributed by atoms with Gasteiger partial charge in [-0.15, -0.1) is 12.3 Å². The Morgan fingerprint density at radius 3 is 2.63 bits per heavy atom. The first-order valence-corrected chi connectivity index (χ1v) is 17.5. The van der Waals surface area contributed by atoms with E-state index in [4.69, 9.17) is 15.9 Å². The summed E-state index contributed by atoms with van der Waals surface area (Å²) in [6, 6.07) is 13.7. The van der Waals surface area contributed by atoms with Gasteiger partial charge in [0.15, 0.2) is 11.6 Å². The van der Waals surface area contributed by atoms with E-state index in [1.165, 1.54) is 24.3 Å². The first-order chi connectivity index (χ1) is 23.5. The summed E-state index contributed by atoms with van der Waals surface area (Å²) in [5.74, 6) is 2.02. The van der Waals surface area contributed by atoms with E-state index in [1.54, 1.807) is 17.1 Å². The molecule has 3 aromatic carbocycles. The normalized spacial score (nSPS) is 16.4. The molecular weight excluding hydrogens is 690 g/mol. The highest BCUT2D eigenvalue weighted by Crippen LogP contribution is 2.40. The number of fused-ring (bicyclic) bond motifs is 1. The van der Waals surface area contributed by atoms with Crippen molar-refractivity contribution in [3.8, 4) is 35.2 Å². The number of hydrogen-bond donors (Lipinski definition) is 2. The Bertz CT molecular complexity index is 1990. The number of ether oxygens (including phenoxy) is 2. The molecule has 1 saturated heterocycles. The smallest absolute Gasteiger partial charge is 0.170 e. The second-order valence-electron chi connectivity index (χ2n) is 13.6. The van der Waals surface area contributed by atoms with Crippen LogP contribution in [-0.2, 0) is 16.8 Å². The second kappa shape index (κ2) is 14.4. The molecule has 2 N–H and O–H groups in total. The van der Waals surface area contributed by atoms with Gasteiger partial charge >= 0.3 is 0 Å². The lowest BCUT2D eigenvalue weighted by Gasteiger charge is -2.30. The zero-order valence-corrected chi connectivity index (χ0v) is 29.6. The summed E-state index contributed by atoms with van der Waals surface area (Å²) in [5, 5.41) is 10.3. The number of rotatable bonds is 12. The molecule has 49 heavy (non-hydrogen) atoms. The van der Waals surface area contributed by atoms with Gasteiger partial charge in [-0.25, -0.2) is 18.7 Å². The number of benzene rings is 3. The lowest BCUT2D eigenvalue weighted by Crippen LogP contribution is -2.24. The van der Waals surface area contributed by atoms with Crippen LogP contribution in [0.15, 0.2) is 65.5 Å². The molecule has 7 nitrogen and oxygen atoms in total. The predicted octanol–water partition coefficient (Wildman–Crippen LogP) is 9.98. The second-order valence-corrected chi connectivity index (χ2v) is 14.5. The molecule has 10 heteroatoms. The molecule has 1 fully saturated rings. The Hall–Kier alpha value is -4.04. The monoisotopic (exact) mass is 730 g/mol. The number of halogens is 3. The van der Waals surface area contributed by atoms with Gasteiger partial charge in [0, 0.05) is 39.9 Å². The van der Waals surface area contributed by atoms with Gasteiger partial charge in [-0.1, -0.05) is 40.9 Å². The number of H-pyrrole nitrogens is 1. The summed E-state index contributed by atoms with van der Waals surface area (Å²) in [6.45, 7) is 6.43. The first-order valence-electron chi connectivity index (χ1n) is 16.7. The van der Waals surface area contributed by atoms with Gasteiger partial charge in [0.05, 0.1) is 35.1 Å². The molecule has 5 aromatic rings. The number of nitrogens with one attached hydrogen (secondary N) is 1. The van der Waals surface area contributed by atoms with Crippen LogP contribution in [0.25, 0.3) is 22.4 Å². The van der Waals surface area contributed by atoms with Crippen LogP contribution in [-0.4, -0.2) is 31.2 Å². The van der Waals surface area contributed by atoms with Crippen molar-refractivity contribution in [2.75, 3.05) is 6.61 Å². The maximum absolute atomic E-state index is 15.7. The summed E-state index contributed by atoms with van der Waals surface area (Å²) in [5.41, 5.74) is 2.59. The number of aromatic amines is 1. The van der Waals surface area contributed by atoms with Crippen molar-refractivity contribution in [2.24, 2.45) is 5.41 Å². The first kappa shape index (κ1) is 34.8. The van der Waals surface area contributed by atoms with Gasteiger partial charge in [0.25, 0.3) is 0 Å². The molecule has 2 atom stereocenters. The summed E-state index contributed by atoms with van der Waals surface area (Å²) in [7, 11) is 0. The van der Waals surface area contributed by atoms with E-state index in [0.29, 0.717) is 23.5 Å². The highest BCUT2D eigenvalue weighted by atomic mass is 79.9. The minimum absolute atomic E-state index is 0.168. The molecule has 2 unspecified atom stereocenters. The standard InChI is InChI=1S/C39H41BrF2N4O3/c1-5-38(2,3)16-7-8-17-39(4,25-11-10-12-26(40)19-25)33-22-43-37(45-33)28-20-27(14-15-30(28)41)49-36-29(23-47)35-32(21-31(36)42)46(24-44-35)34-13-6-9-18-48-34/h1,10-12,14-15,19-22,24,34,47H,6-9,13,16-18,23H2,2-4H3,(H,43,45). The fourth-order valence-corrected chi connectivity index (χ4v) is 7.00. The lowest BCUT2D eigenvalue weighted by molar-refractivity contribution is -0.0295. The summed E-state index contributed by atoms with van der Waals surface area (Å²) in [6.07, 6.45) is 15.2. The number of hydrogen-bond acceptors (Lipinski definition) is 5. The molecule has 2 aromatic heterocycles. The average Bonchev–Trinajstić information content (AvgIpc) is 3.76. The van der Waals surface area contributed by atoms with Crippen molar-refractivity contribution in [3.05, 3.63) is 94.0 Å². The number of imidazole rings is 2. The van der Waals surface area contributed by atoms with E-state index in [1.807, 2.05) is 12.1 Å². The van der Waals surface area contributed by atoms with E-state index in [-0.39, 0.29) is 34.3 Å². The van der Waals surface area contributed by atoms with Crippen molar-refractivity contribution < 1.29 is 23.4 Å². The minimum atomic E-state index is -0.671. The number of aliphatic hydroxyl groups is 1. The zero-order chi connectivity index (χ0) is 34.8. The number of nitrogens with zero attached hydrogens (tertiary/aromatic N) is 3. The van der Waals surface area contributed by atoms with Crippen molar-refractivity contribution in [1.82, 2.24) is 19.5 Å². The third-order valence-corrected chi connectivity index (χ3v) is 10.2. The Labute approximate surface area is 294 Å². The summed E-state index contributed by atoms with van der Waals surface area (Å²) in [4.78, 5) is 12.5. The van der Waals surface area contributed by atoms with Crippen molar-refractivity contribution >= 4 is 27.0 Å². The van der Waals surface area contributed by atoms with Gasteiger partial charge in [0.2, 0.25) is 0 Å². The minimum Gasteiger partial charge on any atom is -0.454 e. The fourth-order valence-electron chi connectivity index (χ4n) is 6.60. The number of unbranched alkanes of at least 4 members (excludes halogenated alkanes) is 1. The Morgan fingerprint density at radius 1 is 1.08 bits per heavy atom. The molecule has 1 aliphatic rings. The molecule has 0 saturated carbocycles. The van der Waals surface area contributed by atoms with Crippen LogP contribution in [0.3, 0.4) is 0 Å². The molecular formula is C39H41BrF2N4O3. The largest absolute Gasteiger partial charge is 0.454 e. The van der Waals surface area contributed by atoms with E-state index in [2.05, 4.69) is 69.7 Å². The van der Waals surface area contributed by atoms with Gasteiger partial charge in [-0.3, -0.25) is 0 Å². The summed E-state index contributed by atoms with van der Waals surface area (Å²) < 4.78 is 45.8. The van der Waals surface area contributed by atoms with E-state index in [0.717, 1.165) is 60.7 Å². The molecule has 256 valence electrons. The predicted molar refractivity (Wildman–Crippen MR) is 190 cm³/mol. The van der Waals surface area contributed by atoms with E-state index >= 15 is 8.78 Å². The van der Waals surface area contributed by atoms with Crippen LogP contribution in [0.1, 0.15) is 88.8 Å². The molecule has 0 amide bonds. The molecule has 6 rings (SSSR count). The number of terminal acetylenes is 1. The third-order valence-electron chi connectivity index (χ3n) is 9.66. The Morgan fingerprint density at radius 2 is 1.90 bits per heavy atom. The summed E-state index contributed by atoms with van der Waals surface area (Å²) >= 11 is 3.61. The average molecular weight is 732 g/mol. The number of aliphatic hydroxyl groups excluding tert-OH is 1. The topological polar surface area (TPSA) is 85.2 Å². The quantitative estimate of drug-likeness (QED) is 0.0986. The van der Waals surface area contributed by atoms with Crippen LogP contribution in [0.5, 0.6) is 11.5 Å². The Kier molecular flexibility index (Phi) is 10.3. The SMILES string of the molecule is C#CC(C)(C)CCCCC(C)(c1cccc(Br)c1)c1cnc(-c2cc(Oc3c(F)cc4c(ncn4C4CCCCO4)c3CO)ccc2F)[nH]1.